The van der Waals surface area contributed by atoms with Crippen molar-refractivity contribution in [3.8, 4) is 0 Å². The van der Waals surface area contributed by atoms with Gasteiger partial charge in [-0.25, -0.2) is 4.79 Å². The van der Waals surface area contributed by atoms with Crippen LogP contribution in [0.4, 0.5) is 5.69 Å². The molecule has 0 fully saturated rings. The zero-order chi connectivity index (χ0) is 10.6. The molecule has 1 aromatic heterocycles. The van der Waals surface area contributed by atoms with Gasteiger partial charge in [-0.05, 0) is 18.4 Å². The number of nitrogens with one attached hydrogen (secondary N) is 1. The van der Waals surface area contributed by atoms with Gasteiger partial charge in [0.25, 0.3) is 0 Å². The molecule has 1 heterocycles. The highest BCUT2D eigenvalue weighted by atomic mass is 32.1. The quantitative estimate of drug-likeness (QED) is 0.780. The zero-order valence-corrected chi connectivity index (χ0v) is 8.81. The summed E-state index contributed by atoms with van der Waals surface area (Å²) < 4.78 is 4.83. The second-order valence-corrected chi connectivity index (χ2v) is 3.48. The molecule has 0 saturated carbocycles. The molecule has 5 heteroatoms. The van der Waals surface area contributed by atoms with Crippen LogP contribution < -0.4 is 5.32 Å². The summed E-state index contributed by atoms with van der Waals surface area (Å²) in [5.74, 6) is -0.597. The molecular formula is C9H11NO3S. The molecule has 0 radical (unpaired) electrons. The number of thiophene rings is 1. The Balaban J connectivity index is 2.81. The van der Waals surface area contributed by atoms with E-state index in [9.17, 15) is 9.59 Å². The lowest BCUT2D eigenvalue weighted by atomic mass is 10.4. The summed E-state index contributed by atoms with van der Waals surface area (Å²) >= 11 is 1.25. The molecule has 0 unspecified atom stereocenters. The van der Waals surface area contributed by atoms with Crippen LogP contribution in [-0.4, -0.2) is 18.5 Å². The SMILES string of the molecule is CCOC(=O)c1sccc1NC(C)=O. The Labute approximate surface area is 85.9 Å². The van der Waals surface area contributed by atoms with Gasteiger partial charge in [-0.1, -0.05) is 0 Å². The normalized spacial score (nSPS) is 9.57. The fraction of sp³-hybridized carbons (Fsp3) is 0.333. The molecule has 0 saturated heterocycles. The first kappa shape index (κ1) is 10.7. The van der Waals surface area contributed by atoms with Crippen molar-refractivity contribution in [2.45, 2.75) is 13.8 Å². The van der Waals surface area contributed by atoms with Crippen molar-refractivity contribution in [1.82, 2.24) is 0 Å². The maximum absolute atomic E-state index is 11.3. The van der Waals surface area contributed by atoms with Crippen LogP contribution in [0.15, 0.2) is 11.4 Å². The number of amides is 1. The van der Waals surface area contributed by atoms with Crippen LogP contribution in [0.1, 0.15) is 23.5 Å². The van der Waals surface area contributed by atoms with E-state index < -0.39 is 5.97 Å². The summed E-state index contributed by atoms with van der Waals surface area (Å²) in [4.78, 5) is 22.6. The minimum Gasteiger partial charge on any atom is -0.462 e. The van der Waals surface area contributed by atoms with Crippen molar-refractivity contribution in [2.75, 3.05) is 11.9 Å². The first-order chi connectivity index (χ1) is 6.65. The molecule has 1 N–H and O–H groups in total. The fourth-order valence-electron chi connectivity index (χ4n) is 0.952. The molecule has 1 rings (SSSR count). The lowest BCUT2D eigenvalue weighted by Crippen LogP contribution is -2.10. The average molecular weight is 213 g/mol. The van der Waals surface area contributed by atoms with E-state index in [-0.39, 0.29) is 5.91 Å². The molecule has 0 bridgehead atoms. The number of hydrogen-bond donors (Lipinski definition) is 1. The monoisotopic (exact) mass is 213 g/mol. The second kappa shape index (κ2) is 4.76. The number of carbonyl (C=O) groups is 2. The van der Waals surface area contributed by atoms with Crippen molar-refractivity contribution in [3.63, 3.8) is 0 Å². The van der Waals surface area contributed by atoms with Crippen LogP contribution >= 0.6 is 11.3 Å². The van der Waals surface area contributed by atoms with Crippen molar-refractivity contribution in [1.29, 1.82) is 0 Å². The summed E-state index contributed by atoms with van der Waals surface area (Å²) in [6, 6.07) is 1.68. The van der Waals surface area contributed by atoms with Crippen LogP contribution in [0.5, 0.6) is 0 Å². The Hall–Kier alpha value is -1.36. The van der Waals surface area contributed by atoms with Crippen molar-refractivity contribution in [3.05, 3.63) is 16.3 Å². The largest absolute Gasteiger partial charge is 0.462 e. The number of esters is 1. The van der Waals surface area contributed by atoms with E-state index in [1.807, 2.05) is 0 Å². The first-order valence-electron chi connectivity index (χ1n) is 4.17. The van der Waals surface area contributed by atoms with E-state index in [2.05, 4.69) is 5.32 Å². The van der Waals surface area contributed by atoms with E-state index in [0.29, 0.717) is 17.2 Å². The van der Waals surface area contributed by atoms with Gasteiger partial charge in [-0.15, -0.1) is 11.3 Å². The molecule has 0 aromatic carbocycles. The topological polar surface area (TPSA) is 55.4 Å². The standard InChI is InChI=1S/C9H11NO3S/c1-3-13-9(12)8-7(4-5-14-8)10-6(2)11/h4-5H,3H2,1-2H3,(H,10,11). The molecule has 0 aliphatic rings. The Morgan fingerprint density at radius 3 is 2.86 bits per heavy atom. The molecule has 0 spiro atoms. The molecule has 76 valence electrons. The number of carbonyl (C=O) groups excluding carboxylic acids is 2. The smallest absolute Gasteiger partial charge is 0.350 e. The summed E-state index contributed by atoms with van der Waals surface area (Å²) in [6.07, 6.45) is 0. The predicted octanol–water partition coefficient (Wildman–Crippen LogP) is 1.88. The van der Waals surface area contributed by atoms with E-state index in [0.717, 1.165) is 0 Å². The van der Waals surface area contributed by atoms with Crippen LogP contribution in [0.2, 0.25) is 0 Å². The van der Waals surface area contributed by atoms with Gasteiger partial charge >= 0.3 is 5.97 Å². The van der Waals surface area contributed by atoms with Gasteiger partial charge in [-0.2, -0.15) is 0 Å². The van der Waals surface area contributed by atoms with E-state index in [4.69, 9.17) is 4.74 Å². The first-order valence-corrected chi connectivity index (χ1v) is 5.05. The van der Waals surface area contributed by atoms with Gasteiger partial charge < -0.3 is 10.1 Å². The Morgan fingerprint density at radius 1 is 1.57 bits per heavy atom. The number of hydrogen-bond acceptors (Lipinski definition) is 4. The molecule has 0 aliphatic carbocycles. The highest BCUT2D eigenvalue weighted by Crippen LogP contribution is 2.22. The van der Waals surface area contributed by atoms with Gasteiger partial charge in [0.2, 0.25) is 5.91 Å². The molecular weight excluding hydrogens is 202 g/mol. The fourth-order valence-corrected chi connectivity index (χ4v) is 1.69. The Kier molecular flexibility index (Phi) is 3.64. The third kappa shape index (κ3) is 2.56. The van der Waals surface area contributed by atoms with Gasteiger partial charge in [0.05, 0.1) is 12.3 Å². The summed E-state index contributed by atoms with van der Waals surface area (Å²) in [5, 5.41) is 4.30. The van der Waals surface area contributed by atoms with Crippen LogP contribution in [0.25, 0.3) is 0 Å². The summed E-state index contributed by atoms with van der Waals surface area (Å²) in [7, 11) is 0. The van der Waals surface area contributed by atoms with Gasteiger partial charge in [-0.3, -0.25) is 4.79 Å². The number of rotatable bonds is 3. The maximum Gasteiger partial charge on any atom is 0.350 e. The van der Waals surface area contributed by atoms with Crippen LogP contribution in [-0.2, 0) is 9.53 Å². The van der Waals surface area contributed by atoms with Crippen LogP contribution in [0.3, 0.4) is 0 Å². The third-order valence-corrected chi connectivity index (χ3v) is 2.33. The second-order valence-electron chi connectivity index (χ2n) is 2.57. The van der Waals surface area contributed by atoms with Gasteiger partial charge in [0.1, 0.15) is 4.88 Å². The third-order valence-electron chi connectivity index (χ3n) is 1.44. The van der Waals surface area contributed by atoms with E-state index in [1.54, 1.807) is 18.4 Å². The highest BCUT2D eigenvalue weighted by molar-refractivity contribution is 7.12. The molecule has 4 nitrogen and oxygen atoms in total. The lowest BCUT2D eigenvalue weighted by molar-refractivity contribution is -0.114. The number of ether oxygens (including phenoxy) is 1. The minimum atomic E-state index is -0.397. The Morgan fingerprint density at radius 2 is 2.29 bits per heavy atom. The van der Waals surface area contributed by atoms with Crippen LogP contribution in [0, 0.1) is 0 Å². The van der Waals surface area contributed by atoms with E-state index >= 15 is 0 Å². The molecule has 1 amide bonds. The molecule has 0 atom stereocenters. The lowest BCUT2D eigenvalue weighted by Gasteiger charge is -2.03. The molecule has 1 aromatic rings. The van der Waals surface area contributed by atoms with Crippen molar-refractivity contribution >= 4 is 28.9 Å². The summed E-state index contributed by atoms with van der Waals surface area (Å²) in [6.45, 7) is 3.46. The highest BCUT2D eigenvalue weighted by Gasteiger charge is 2.14. The summed E-state index contributed by atoms with van der Waals surface area (Å²) in [5.41, 5.74) is 0.515. The minimum absolute atomic E-state index is 0.200. The molecule has 0 aliphatic heterocycles. The zero-order valence-electron chi connectivity index (χ0n) is 7.99. The predicted molar refractivity (Wildman–Crippen MR) is 54.6 cm³/mol. The van der Waals surface area contributed by atoms with Crippen molar-refractivity contribution < 1.29 is 14.3 Å². The average Bonchev–Trinajstić information content (AvgIpc) is 2.51. The van der Waals surface area contributed by atoms with Crippen molar-refractivity contribution in [2.24, 2.45) is 0 Å². The van der Waals surface area contributed by atoms with Gasteiger partial charge in [0.15, 0.2) is 0 Å². The Bertz CT molecular complexity index is 346. The van der Waals surface area contributed by atoms with Gasteiger partial charge in [0, 0.05) is 6.92 Å². The number of anilines is 1. The van der Waals surface area contributed by atoms with E-state index in [1.165, 1.54) is 18.3 Å². The maximum atomic E-state index is 11.3. The molecule has 14 heavy (non-hydrogen) atoms.